The number of rotatable bonds is 3. The molecule has 2 amide bonds. The van der Waals surface area contributed by atoms with Crippen LogP contribution >= 0.6 is 0 Å². The van der Waals surface area contributed by atoms with E-state index >= 15 is 0 Å². The third-order valence-electron chi connectivity index (χ3n) is 5.59. The molecular formula is C23H33N3O3. The fraction of sp³-hybridized carbons (Fsp3) is 0.565. The molecule has 6 heteroatoms. The summed E-state index contributed by atoms with van der Waals surface area (Å²) < 4.78 is 5.99. The summed E-state index contributed by atoms with van der Waals surface area (Å²) in [7, 11) is 1.97. The van der Waals surface area contributed by atoms with Crippen molar-refractivity contribution < 1.29 is 14.3 Å². The second-order valence-electron chi connectivity index (χ2n) is 8.50. The average molecular weight is 400 g/mol. The SMILES string of the molecule is CC(C)NC(=O)C[C@@H]1CCN2C[C@@H]1/C=C/COc1ccccc1CN(C)CC2=O. The van der Waals surface area contributed by atoms with Crippen molar-refractivity contribution in [3.05, 3.63) is 42.0 Å². The molecule has 3 rings (SSSR count). The smallest absolute Gasteiger partial charge is 0.236 e. The number of hydrogen-bond donors (Lipinski definition) is 1. The molecule has 0 aromatic heterocycles. The van der Waals surface area contributed by atoms with E-state index in [0.717, 1.165) is 17.7 Å². The molecule has 0 unspecified atom stereocenters. The number of ether oxygens (including phenoxy) is 1. The van der Waals surface area contributed by atoms with E-state index < -0.39 is 0 Å². The molecule has 2 aliphatic rings. The van der Waals surface area contributed by atoms with Crippen LogP contribution in [0.2, 0.25) is 0 Å². The first-order valence-corrected chi connectivity index (χ1v) is 10.6. The standard InChI is InChI=1S/C23H33N3O3/c1-17(2)24-22(27)13-18-10-11-26-15-19(18)8-6-12-29-21-9-5-4-7-20(21)14-25(3)16-23(26)28/h4-9,17-19H,10-16H2,1-3H3,(H,24,27)/b8-6+/t18-,19-/m0/s1. The van der Waals surface area contributed by atoms with Crippen LogP contribution in [0, 0.1) is 11.8 Å². The van der Waals surface area contributed by atoms with Gasteiger partial charge >= 0.3 is 0 Å². The molecule has 2 bridgehead atoms. The van der Waals surface area contributed by atoms with Crippen LogP contribution < -0.4 is 10.1 Å². The maximum atomic E-state index is 12.9. The Labute approximate surface area is 173 Å². The molecule has 0 aliphatic carbocycles. The van der Waals surface area contributed by atoms with Crippen LogP contribution in [0.15, 0.2) is 36.4 Å². The highest BCUT2D eigenvalue weighted by molar-refractivity contribution is 5.79. The molecule has 1 saturated heterocycles. The van der Waals surface area contributed by atoms with Gasteiger partial charge in [0.15, 0.2) is 0 Å². The van der Waals surface area contributed by atoms with Crippen molar-refractivity contribution in [3.8, 4) is 5.75 Å². The number of carbonyl (C=O) groups excluding carboxylic acids is 2. The minimum atomic E-state index is 0.0889. The zero-order valence-corrected chi connectivity index (χ0v) is 17.8. The van der Waals surface area contributed by atoms with Crippen LogP contribution in [-0.4, -0.2) is 60.9 Å². The number of para-hydroxylation sites is 1. The molecule has 0 radical (unpaired) electrons. The number of carbonyl (C=O) groups is 2. The topological polar surface area (TPSA) is 61.9 Å². The van der Waals surface area contributed by atoms with Gasteiger partial charge in [0.2, 0.25) is 11.8 Å². The van der Waals surface area contributed by atoms with E-state index in [9.17, 15) is 9.59 Å². The molecule has 29 heavy (non-hydrogen) atoms. The number of nitrogens with one attached hydrogen (secondary N) is 1. The molecule has 1 N–H and O–H groups in total. The van der Waals surface area contributed by atoms with Crippen molar-refractivity contribution >= 4 is 11.8 Å². The number of fused-ring (bicyclic) bond motifs is 3. The number of amides is 2. The Morgan fingerprint density at radius 1 is 1.28 bits per heavy atom. The van der Waals surface area contributed by atoms with Crippen molar-refractivity contribution in [1.29, 1.82) is 0 Å². The van der Waals surface area contributed by atoms with Gasteiger partial charge in [-0.3, -0.25) is 14.5 Å². The first-order chi connectivity index (χ1) is 13.9. The fourth-order valence-electron chi connectivity index (χ4n) is 4.17. The van der Waals surface area contributed by atoms with Crippen LogP contribution in [0.3, 0.4) is 0 Å². The highest BCUT2D eigenvalue weighted by Crippen LogP contribution is 2.29. The fourth-order valence-corrected chi connectivity index (χ4v) is 4.17. The zero-order valence-electron chi connectivity index (χ0n) is 17.8. The minimum Gasteiger partial charge on any atom is -0.489 e. The molecule has 0 saturated carbocycles. The van der Waals surface area contributed by atoms with Gasteiger partial charge in [-0.15, -0.1) is 0 Å². The summed E-state index contributed by atoms with van der Waals surface area (Å²) in [6.45, 7) is 6.85. The highest BCUT2D eigenvalue weighted by atomic mass is 16.5. The molecular weight excluding hydrogens is 366 g/mol. The predicted octanol–water partition coefficient (Wildman–Crippen LogP) is 2.45. The summed E-state index contributed by atoms with van der Waals surface area (Å²) in [5.74, 6) is 1.49. The molecule has 6 nitrogen and oxygen atoms in total. The first kappa shape index (κ1) is 21.4. The summed E-state index contributed by atoms with van der Waals surface area (Å²) in [4.78, 5) is 29.2. The van der Waals surface area contributed by atoms with Gasteiger partial charge in [0.25, 0.3) is 0 Å². The average Bonchev–Trinajstić information content (AvgIpc) is 2.66. The second-order valence-corrected chi connectivity index (χ2v) is 8.50. The monoisotopic (exact) mass is 399 g/mol. The van der Waals surface area contributed by atoms with Gasteiger partial charge in [-0.2, -0.15) is 0 Å². The summed E-state index contributed by atoms with van der Waals surface area (Å²) in [6, 6.07) is 8.12. The zero-order chi connectivity index (χ0) is 20.8. The van der Waals surface area contributed by atoms with Gasteiger partial charge in [0.05, 0.1) is 6.54 Å². The van der Waals surface area contributed by atoms with E-state index in [1.54, 1.807) is 0 Å². The molecule has 158 valence electrons. The van der Waals surface area contributed by atoms with E-state index in [0.29, 0.717) is 39.2 Å². The van der Waals surface area contributed by atoms with Crippen LogP contribution in [0.5, 0.6) is 5.75 Å². The van der Waals surface area contributed by atoms with Crippen LogP contribution in [0.4, 0.5) is 0 Å². The van der Waals surface area contributed by atoms with Gasteiger partial charge < -0.3 is 15.0 Å². The summed E-state index contributed by atoms with van der Waals surface area (Å²) in [5.41, 5.74) is 1.08. The van der Waals surface area contributed by atoms with Gasteiger partial charge in [0, 0.05) is 37.7 Å². The largest absolute Gasteiger partial charge is 0.489 e. The van der Waals surface area contributed by atoms with Gasteiger partial charge in [0.1, 0.15) is 12.4 Å². The Balaban J connectivity index is 1.76. The maximum Gasteiger partial charge on any atom is 0.236 e. The van der Waals surface area contributed by atoms with Crippen molar-refractivity contribution in [2.45, 2.75) is 39.3 Å². The minimum absolute atomic E-state index is 0.0889. The van der Waals surface area contributed by atoms with Crippen molar-refractivity contribution in [2.24, 2.45) is 11.8 Å². The lowest BCUT2D eigenvalue weighted by molar-refractivity contribution is -0.134. The molecule has 0 spiro atoms. The quantitative estimate of drug-likeness (QED) is 0.793. The Morgan fingerprint density at radius 3 is 2.86 bits per heavy atom. The molecule has 2 aliphatic heterocycles. The van der Waals surface area contributed by atoms with E-state index in [-0.39, 0.29) is 29.7 Å². The molecule has 1 aromatic carbocycles. The Morgan fingerprint density at radius 2 is 2.07 bits per heavy atom. The van der Waals surface area contributed by atoms with Crippen LogP contribution in [0.25, 0.3) is 0 Å². The van der Waals surface area contributed by atoms with Crippen molar-refractivity contribution in [2.75, 3.05) is 33.3 Å². The molecule has 2 atom stereocenters. The highest BCUT2D eigenvalue weighted by Gasteiger charge is 2.31. The lowest BCUT2D eigenvalue weighted by Crippen LogP contribution is -2.47. The van der Waals surface area contributed by atoms with Gasteiger partial charge in [-0.1, -0.05) is 30.4 Å². The third-order valence-corrected chi connectivity index (χ3v) is 5.59. The summed E-state index contributed by atoms with van der Waals surface area (Å²) in [6.07, 6.45) is 5.51. The van der Waals surface area contributed by atoms with Crippen LogP contribution in [0.1, 0.15) is 32.3 Å². The predicted molar refractivity (Wildman–Crippen MR) is 113 cm³/mol. The summed E-state index contributed by atoms with van der Waals surface area (Å²) >= 11 is 0. The Bertz CT molecular complexity index is 747. The van der Waals surface area contributed by atoms with Crippen molar-refractivity contribution in [1.82, 2.24) is 15.1 Å². The van der Waals surface area contributed by atoms with Gasteiger partial charge in [-0.05, 0) is 45.2 Å². The van der Waals surface area contributed by atoms with Crippen LogP contribution in [-0.2, 0) is 16.1 Å². The van der Waals surface area contributed by atoms with E-state index in [1.165, 1.54) is 0 Å². The van der Waals surface area contributed by atoms with Crippen molar-refractivity contribution in [3.63, 3.8) is 0 Å². The van der Waals surface area contributed by atoms with E-state index in [1.807, 2.05) is 61.0 Å². The molecule has 2 heterocycles. The number of nitrogens with zero attached hydrogens (tertiary/aromatic N) is 2. The van der Waals surface area contributed by atoms with Gasteiger partial charge in [-0.25, -0.2) is 0 Å². The molecule has 1 fully saturated rings. The lowest BCUT2D eigenvalue weighted by atomic mass is 9.82. The maximum absolute atomic E-state index is 12.9. The normalized spacial score (nSPS) is 24.6. The van der Waals surface area contributed by atoms with E-state index in [2.05, 4.69) is 11.4 Å². The summed E-state index contributed by atoms with van der Waals surface area (Å²) in [5, 5.41) is 2.99. The lowest BCUT2D eigenvalue weighted by Gasteiger charge is -2.38. The third kappa shape index (κ3) is 6.07. The number of hydrogen-bond acceptors (Lipinski definition) is 4. The Kier molecular flexibility index (Phi) is 7.31. The molecule has 1 aromatic rings. The number of benzene rings is 1. The Hall–Kier alpha value is -2.34. The number of likely N-dealkylation sites (N-methyl/N-ethyl adjacent to an activating group) is 1. The second kappa shape index (κ2) is 9.92. The number of piperidine rings is 1. The van der Waals surface area contributed by atoms with E-state index in [4.69, 9.17) is 4.74 Å². The first-order valence-electron chi connectivity index (χ1n) is 10.6.